The molecule has 0 N–H and O–H groups in total. The third-order valence-electron chi connectivity index (χ3n) is 3.31. The van der Waals surface area contributed by atoms with Crippen molar-refractivity contribution < 1.29 is 14.2 Å². The third kappa shape index (κ3) is 3.03. The van der Waals surface area contributed by atoms with Gasteiger partial charge in [-0.15, -0.1) is 0 Å². The normalized spacial score (nSPS) is 18.0. The van der Waals surface area contributed by atoms with Gasteiger partial charge in [0, 0.05) is 6.42 Å². The lowest BCUT2D eigenvalue weighted by atomic mass is 10.1. The second-order valence-corrected chi connectivity index (χ2v) is 5.16. The van der Waals surface area contributed by atoms with Crippen molar-refractivity contribution in [3.05, 3.63) is 28.8 Å². The summed E-state index contributed by atoms with van der Waals surface area (Å²) in [5.74, 6) is 0.522. The molecule has 0 saturated carbocycles. The topological polar surface area (TPSA) is 27.7 Å². The van der Waals surface area contributed by atoms with Crippen LogP contribution in [0.2, 0.25) is 0 Å². The van der Waals surface area contributed by atoms with Crippen molar-refractivity contribution in [2.75, 3.05) is 19.8 Å². The van der Waals surface area contributed by atoms with E-state index in [0.29, 0.717) is 19.8 Å². The molecule has 100 valence electrons. The van der Waals surface area contributed by atoms with Gasteiger partial charge in [-0.2, -0.15) is 0 Å². The molecule has 0 aromatic heterocycles. The summed E-state index contributed by atoms with van der Waals surface area (Å²) in [7, 11) is 0. The van der Waals surface area contributed by atoms with Crippen LogP contribution in [-0.4, -0.2) is 25.6 Å². The molecule has 1 saturated heterocycles. The highest BCUT2D eigenvalue weighted by atomic mass is 16.7. The van der Waals surface area contributed by atoms with Crippen LogP contribution in [0.5, 0.6) is 5.75 Å². The van der Waals surface area contributed by atoms with E-state index in [-0.39, 0.29) is 0 Å². The molecule has 0 bridgehead atoms. The fraction of sp³-hybridized carbons (Fsp3) is 0.600. The molecule has 1 heterocycles. The van der Waals surface area contributed by atoms with E-state index >= 15 is 0 Å². The van der Waals surface area contributed by atoms with E-state index in [1.54, 1.807) is 0 Å². The molecule has 0 spiro atoms. The van der Waals surface area contributed by atoms with Crippen molar-refractivity contribution in [3.8, 4) is 5.75 Å². The summed E-state index contributed by atoms with van der Waals surface area (Å²) in [5.41, 5.74) is 3.64. The molecule has 0 aliphatic carbocycles. The van der Waals surface area contributed by atoms with Crippen molar-refractivity contribution in [1.82, 2.24) is 0 Å². The van der Waals surface area contributed by atoms with E-state index in [1.165, 1.54) is 16.7 Å². The van der Waals surface area contributed by atoms with Gasteiger partial charge >= 0.3 is 0 Å². The summed E-state index contributed by atoms with van der Waals surface area (Å²) in [5, 5.41) is 0. The summed E-state index contributed by atoms with van der Waals surface area (Å²) in [4.78, 5) is 0. The number of benzene rings is 1. The Balaban J connectivity index is 1.94. The van der Waals surface area contributed by atoms with E-state index < -0.39 is 5.79 Å². The van der Waals surface area contributed by atoms with Crippen molar-refractivity contribution in [1.29, 1.82) is 0 Å². The van der Waals surface area contributed by atoms with Crippen molar-refractivity contribution in [3.63, 3.8) is 0 Å². The first-order valence-electron chi connectivity index (χ1n) is 6.49. The van der Waals surface area contributed by atoms with Gasteiger partial charge in [-0.3, -0.25) is 0 Å². The Morgan fingerprint density at radius 2 is 1.67 bits per heavy atom. The third-order valence-corrected chi connectivity index (χ3v) is 3.31. The molecular formula is C15H22O3. The fourth-order valence-electron chi connectivity index (χ4n) is 2.43. The molecule has 1 aromatic rings. The average Bonchev–Trinajstić information content (AvgIpc) is 2.69. The minimum atomic E-state index is -0.466. The molecule has 1 aliphatic rings. The molecule has 1 fully saturated rings. The predicted molar refractivity (Wildman–Crippen MR) is 71.1 cm³/mol. The second-order valence-electron chi connectivity index (χ2n) is 5.16. The quantitative estimate of drug-likeness (QED) is 0.821. The standard InChI is InChI=1S/C15H22O3/c1-11-9-12(2)14(13(3)10-11)16-6-5-15(4)17-7-8-18-15/h9-10H,5-8H2,1-4H3. The summed E-state index contributed by atoms with van der Waals surface area (Å²) in [6.45, 7) is 10.2. The van der Waals surface area contributed by atoms with E-state index in [9.17, 15) is 0 Å². The summed E-state index contributed by atoms with van der Waals surface area (Å²) in [6.07, 6.45) is 0.750. The minimum Gasteiger partial charge on any atom is -0.493 e. The molecular weight excluding hydrogens is 228 g/mol. The highest BCUT2D eigenvalue weighted by molar-refractivity contribution is 5.42. The lowest BCUT2D eigenvalue weighted by Gasteiger charge is -2.22. The SMILES string of the molecule is Cc1cc(C)c(OCCC2(C)OCCO2)c(C)c1. The zero-order valence-corrected chi connectivity index (χ0v) is 11.7. The number of aryl methyl sites for hydroxylation is 3. The van der Waals surface area contributed by atoms with Crippen LogP contribution in [0.15, 0.2) is 12.1 Å². The Bertz CT molecular complexity index is 397. The monoisotopic (exact) mass is 250 g/mol. The van der Waals surface area contributed by atoms with Gasteiger partial charge in [0.25, 0.3) is 0 Å². The Kier molecular flexibility index (Phi) is 3.93. The molecule has 1 aliphatic heterocycles. The molecule has 0 unspecified atom stereocenters. The number of hydrogen-bond acceptors (Lipinski definition) is 3. The van der Waals surface area contributed by atoms with Crippen LogP contribution in [0.25, 0.3) is 0 Å². The van der Waals surface area contributed by atoms with Crippen LogP contribution >= 0.6 is 0 Å². The first-order valence-corrected chi connectivity index (χ1v) is 6.49. The van der Waals surface area contributed by atoms with Gasteiger partial charge in [0.15, 0.2) is 5.79 Å². The number of hydrogen-bond donors (Lipinski definition) is 0. The smallest absolute Gasteiger partial charge is 0.168 e. The molecule has 18 heavy (non-hydrogen) atoms. The highest BCUT2D eigenvalue weighted by Gasteiger charge is 2.30. The van der Waals surface area contributed by atoms with Crippen LogP contribution in [0.3, 0.4) is 0 Å². The van der Waals surface area contributed by atoms with Crippen LogP contribution in [-0.2, 0) is 9.47 Å². The maximum absolute atomic E-state index is 5.89. The molecule has 1 aromatic carbocycles. The molecule has 0 radical (unpaired) electrons. The number of ether oxygens (including phenoxy) is 3. The van der Waals surface area contributed by atoms with Crippen LogP contribution in [0, 0.1) is 20.8 Å². The van der Waals surface area contributed by atoms with E-state index in [0.717, 1.165) is 12.2 Å². The van der Waals surface area contributed by atoms with E-state index in [2.05, 4.69) is 32.9 Å². The van der Waals surface area contributed by atoms with Crippen molar-refractivity contribution >= 4 is 0 Å². The lowest BCUT2D eigenvalue weighted by Crippen LogP contribution is -2.28. The van der Waals surface area contributed by atoms with Gasteiger partial charge in [0.2, 0.25) is 0 Å². The van der Waals surface area contributed by atoms with Gasteiger partial charge < -0.3 is 14.2 Å². The Labute approximate surface area is 109 Å². The minimum absolute atomic E-state index is 0.466. The zero-order valence-electron chi connectivity index (χ0n) is 11.7. The van der Waals surface area contributed by atoms with E-state index in [4.69, 9.17) is 14.2 Å². The Morgan fingerprint density at radius 1 is 1.11 bits per heavy atom. The van der Waals surface area contributed by atoms with Crippen LogP contribution in [0.4, 0.5) is 0 Å². The van der Waals surface area contributed by atoms with Gasteiger partial charge in [-0.25, -0.2) is 0 Å². The van der Waals surface area contributed by atoms with Crippen molar-refractivity contribution in [2.45, 2.75) is 39.9 Å². The number of rotatable bonds is 4. The average molecular weight is 250 g/mol. The fourth-order valence-corrected chi connectivity index (χ4v) is 2.43. The first kappa shape index (κ1) is 13.4. The molecule has 0 atom stereocenters. The largest absolute Gasteiger partial charge is 0.493 e. The zero-order chi connectivity index (χ0) is 13.2. The summed E-state index contributed by atoms with van der Waals surface area (Å²) < 4.78 is 17.0. The molecule has 2 rings (SSSR count). The Hall–Kier alpha value is -1.06. The second kappa shape index (κ2) is 5.29. The van der Waals surface area contributed by atoms with Gasteiger partial charge in [-0.1, -0.05) is 17.7 Å². The molecule has 3 nitrogen and oxygen atoms in total. The van der Waals surface area contributed by atoms with Crippen molar-refractivity contribution in [2.24, 2.45) is 0 Å². The lowest BCUT2D eigenvalue weighted by molar-refractivity contribution is -0.150. The van der Waals surface area contributed by atoms with Gasteiger partial charge in [0.1, 0.15) is 5.75 Å². The van der Waals surface area contributed by atoms with Gasteiger partial charge in [0.05, 0.1) is 19.8 Å². The first-order chi connectivity index (χ1) is 8.50. The highest BCUT2D eigenvalue weighted by Crippen LogP contribution is 2.27. The van der Waals surface area contributed by atoms with Gasteiger partial charge in [-0.05, 0) is 38.8 Å². The summed E-state index contributed by atoms with van der Waals surface area (Å²) in [6, 6.07) is 4.29. The Morgan fingerprint density at radius 3 is 2.22 bits per heavy atom. The molecule has 3 heteroatoms. The maximum atomic E-state index is 5.89. The van der Waals surface area contributed by atoms with E-state index in [1.807, 2.05) is 6.92 Å². The maximum Gasteiger partial charge on any atom is 0.168 e. The van der Waals surface area contributed by atoms with Crippen LogP contribution < -0.4 is 4.74 Å². The van der Waals surface area contributed by atoms with Crippen LogP contribution in [0.1, 0.15) is 30.0 Å². The molecule has 0 amide bonds. The summed E-state index contributed by atoms with van der Waals surface area (Å²) >= 11 is 0. The predicted octanol–water partition coefficient (Wildman–Crippen LogP) is 3.14.